The molecule has 0 radical (unpaired) electrons. The smallest absolute Gasteiger partial charge is 0.211 e. The van der Waals surface area contributed by atoms with Gasteiger partial charge in [-0.1, -0.05) is 12.1 Å². The molecule has 1 saturated heterocycles. The van der Waals surface area contributed by atoms with Crippen LogP contribution in [0.15, 0.2) is 42.5 Å². The van der Waals surface area contributed by atoms with Crippen molar-refractivity contribution >= 4 is 20.9 Å². The second kappa shape index (κ2) is 8.64. The van der Waals surface area contributed by atoms with Crippen LogP contribution in [0.3, 0.4) is 0 Å². The first kappa shape index (κ1) is 23.3. The molecule has 0 bridgehead atoms. The fourth-order valence-corrected chi connectivity index (χ4v) is 6.86. The number of nitrogens with one attached hydrogen (secondary N) is 1. The number of aromatic amines is 1. The van der Waals surface area contributed by atoms with Gasteiger partial charge in [0.2, 0.25) is 10.0 Å². The number of benzene rings is 2. The molecule has 34 heavy (non-hydrogen) atoms. The van der Waals surface area contributed by atoms with E-state index in [1.165, 1.54) is 16.6 Å². The predicted molar refractivity (Wildman–Crippen MR) is 129 cm³/mol. The largest absolute Gasteiger partial charge is 0.497 e. The van der Waals surface area contributed by atoms with Crippen molar-refractivity contribution in [3.8, 4) is 5.75 Å². The zero-order valence-corrected chi connectivity index (χ0v) is 20.2. The minimum atomic E-state index is -3.55. The number of nitrogens with zero attached hydrogens (tertiary/aromatic N) is 2. The number of aromatic nitrogens is 1. The van der Waals surface area contributed by atoms with Crippen LogP contribution >= 0.6 is 0 Å². The summed E-state index contributed by atoms with van der Waals surface area (Å²) in [6.07, 6.45) is 2.73. The van der Waals surface area contributed by atoms with E-state index >= 15 is 0 Å². The highest BCUT2D eigenvalue weighted by Crippen LogP contribution is 2.49. The third-order valence-electron chi connectivity index (χ3n) is 7.41. The normalized spacial score (nSPS) is 21.1. The van der Waals surface area contributed by atoms with E-state index in [-0.39, 0.29) is 17.8 Å². The molecular weight excluding hydrogens is 457 g/mol. The van der Waals surface area contributed by atoms with Gasteiger partial charge in [0.05, 0.1) is 26.0 Å². The van der Waals surface area contributed by atoms with Crippen molar-refractivity contribution in [1.29, 1.82) is 0 Å². The molecule has 2 aliphatic heterocycles. The Morgan fingerprint density at radius 2 is 1.97 bits per heavy atom. The van der Waals surface area contributed by atoms with Crippen molar-refractivity contribution in [2.45, 2.75) is 30.8 Å². The summed E-state index contributed by atoms with van der Waals surface area (Å²) in [4.78, 5) is 5.71. The summed E-state index contributed by atoms with van der Waals surface area (Å²) >= 11 is 0. The summed E-state index contributed by atoms with van der Waals surface area (Å²) in [7, 11) is -1.94. The highest BCUT2D eigenvalue weighted by molar-refractivity contribution is 7.88. The van der Waals surface area contributed by atoms with Crippen LogP contribution in [0.5, 0.6) is 5.75 Å². The molecule has 2 N–H and O–H groups in total. The fourth-order valence-electron chi connectivity index (χ4n) is 5.75. The van der Waals surface area contributed by atoms with E-state index in [4.69, 9.17) is 4.74 Å². The minimum Gasteiger partial charge on any atom is -0.497 e. The highest BCUT2D eigenvalue weighted by Gasteiger charge is 2.49. The molecule has 1 fully saturated rings. The molecule has 0 unspecified atom stereocenters. The molecule has 0 aliphatic carbocycles. The Bertz CT molecular complexity index is 1310. The quantitative estimate of drug-likeness (QED) is 0.578. The Hall–Kier alpha value is -2.46. The molecule has 2 aromatic carbocycles. The molecule has 182 valence electrons. The number of fused-ring (bicyclic) bond motifs is 4. The number of methoxy groups -OCH3 is 1. The molecule has 1 spiro atoms. The summed E-state index contributed by atoms with van der Waals surface area (Å²) in [6, 6.07) is 11.9. The Labute approximate surface area is 199 Å². The zero-order chi connectivity index (χ0) is 24.1. The molecule has 0 amide bonds. The van der Waals surface area contributed by atoms with Crippen LogP contribution in [0, 0.1) is 5.82 Å². The van der Waals surface area contributed by atoms with Crippen molar-refractivity contribution in [3.63, 3.8) is 0 Å². The van der Waals surface area contributed by atoms with E-state index in [0.717, 1.165) is 53.7 Å². The number of H-pyrrole nitrogens is 1. The second-order valence-corrected chi connectivity index (χ2v) is 11.5. The van der Waals surface area contributed by atoms with Gasteiger partial charge >= 0.3 is 0 Å². The predicted octanol–water partition coefficient (Wildman–Crippen LogP) is 3.16. The molecule has 3 heterocycles. The number of hydrogen-bond donors (Lipinski definition) is 2. The summed E-state index contributed by atoms with van der Waals surface area (Å²) < 4.78 is 46.0. The van der Waals surface area contributed by atoms with E-state index in [9.17, 15) is 17.9 Å². The van der Waals surface area contributed by atoms with E-state index < -0.39 is 16.1 Å². The van der Waals surface area contributed by atoms with Crippen molar-refractivity contribution in [2.75, 3.05) is 39.6 Å². The van der Waals surface area contributed by atoms with Gasteiger partial charge in [-0.25, -0.2) is 12.8 Å². The average molecular weight is 488 g/mol. The van der Waals surface area contributed by atoms with Crippen LogP contribution in [-0.2, 0) is 22.0 Å². The van der Waals surface area contributed by atoms with Crippen LogP contribution in [0.25, 0.3) is 10.9 Å². The standard InChI is InChI=1S/C25H30FN3O4S/c1-33-19-6-7-20-21(13-19)27-24-22(15-30)29(34(2,31)32)16-25(23(20)24)8-10-28(11-9-25)14-17-4-3-5-18(26)12-17/h3-7,12-13,22,27,30H,8-11,14-16H2,1-2H3/t22-/m0/s1. The van der Waals surface area contributed by atoms with Gasteiger partial charge in [0, 0.05) is 41.2 Å². The lowest BCUT2D eigenvalue weighted by atomic mass is 9.69. The Kier molecular flexibility index (Phi) is 5.92. The summed E-state index contributed by atoms with van der Waals surface area (Å²) in [6.45, 7) is 2.21. The van der Waals surface area contributed by atoms with E-state index in [2.05, 4.69) is 9.88 Å². The van der Waals surface area contributed by atoms with Gasteiger partial charge in [-0.3, -0.25) is 4.90 Å². The summed E-state index contributed by atoms with van der Waals surface area (Å²) in [5.74, 6) is 0.474. The molecule has 5 rings (SSSR count). The third-order valence-corrected chi connectivity index (χ3v) is 8.65. The topological polar surface area (TPSA) is 85.9 Å². The van der Waals surface area contributed by atoms with E-state index in [1.807, 2.05) is 24.3 Å². The SMILES string of the molecule is COc1ccc2c3c([nH]c2c1)[C@H](CO)N(S(C)(=O)=O)CC31CCN(Cc2cccc(F)c2)CC1. The van der Waals surface area contributed by atoms with Gasteiger partial charge in [0.25, 0.3) is 0 Å². The van der Waals surface area contributed by atoms with Gasteiger partial charge in [0.15, 0.2) is 0 Å². The Morgan fingerprint density at radius 3 is 2.62 bits per heavy atom. The van der Waals surface area contributed by atoms with Crippen LogP contribution in [-0.4, -0.2) is 67.3 Å². The number of sulfonamides is 1. The number of hydrogen-bond acceptors (Lipinski definition) is 5. The lowest BCUT2D eigenvalue weighted by molar-refractivity contribution is 0.0935. The number of aliphatic hydroxyl groups is 1. The molecule has 9 heteroatoms. The van der Waals surface area contributed by atoms with Gasteiger partial charge in [-0.15, -0.1) is 0 Å². The number of ether oxygens (including phenoxy) is 1. The van der Waals surface area contributed by atoms with Gasteiger partial charge in [-0.05, 0) is 61.3 Å². The molecular formula is C25H30FN3O4S. The van der Waals surface area contributed by atoms with E-state index in [1.54, 1.807) is 19.2 Å². The molecule has 1 aromatic heterocycles. The zero-order valence-electron chi connectivity index (χ0n) is 19.4. The highest BCUT2D eigenvalue weighted by atomic mass is 32.2. The van der Waals surface area contributed by atoms with Crippen LogP contribution in [0.4, 0.5) is 4.39 Å². The van der Waals surface area contributed by atoms with Crippen molar-refractivity contribution in [2.24, 2.45) is 0 Å². The molecule has 2 aliphatic rings. The lowest BCUT2D eigenvalue weighted by Crippen LogP contribution is -2.54. The fraction of sp³-hybridized carbons (Fsp3) is 0.440. The Morgan fingerprint density at radius 1 is 1.21 bits per heavy atom. The number of aliphatic hydroxyl groups excluding tert-OH is 1. The maximum absolute atomic E-state index is 13.7. The molecule has 3 aromatic rings. The van der Waals surface area contributed by atoms with Crippen LogP contribution < -0.4 is 4.74 Å². The maximum Gasteiger partial charge on any atom is 0.211 e. The number of halogens is 1. The van der Waals surface area contributed by atoms with Gasteiger partial charge < -0.3 is 14.8 Å². The van der Waals surface area contributed by atoms with Crippen LogP contribution in [0.2, 0.25) is 0 Å². The van der Waals surface area contributed by atoms with Gasteiger partial charge in [0.1, 0.15) is 11.6 Å². The molecule has 0 saturated carbocycles. The summed E-state index contributed by atoms with van der Waals surface area (Å²) in [5, 5.41) is 11.3. The maximum atomic E-state index is 13.7. The van der Waals surface area contributed by atoms with Gasteiger partial charge in [-0.2, -0.15) is 4.31 Å². The molecule has 1 atom stereocenters. The lowest BCUT2D eigenvalue weighted by Gasteiger charge is -2.49. The summed E-state index contributed by atoms with van der Waals surface area (Å²) in [5.41, 5.74) is 3.29. The second-order valence-electron chi connectivity index (χ2n) is 9.52. The van der Waals surface area contributed by atoms with Crippen molar-refractivity contribution < 1.29 is 22.7 Å². The third kappa shape index (κ3) is 4.00. The molecule has 7 nitrogen and oxygen atoms in total. The number of piperidine rings is 1. The number of rotatable bonds is 5. The first-order valence-corrected chi connectivity index (χ1v) is 13.3. The monoisotopic (exact) mass is 487 g/mol. The Balaban J connectivity index is 1.54. The van der Waals surface area contributed by atoms with Crippen molar-refractivity contribution in [1.82, 2.24) is 14.2 Å². The minimum absolute atomic E-state index is 0.240. The average Bonchev–Trinajstić information content (AvgIpc) is 3.19. The first-order chi connectivity index (χ1) is 16.2. The first-order valence-electron chi connectivity index (χ1n) is 11.5. The van der Waals surface area contributed by atoms with Crippen molar-refractivity contribution in [3.05, 3.63) is 65.1 Å². The van der Waals surface area contributed by atoms with Crippen LogP contribution in [0.1, 0.15) is 35.7 Å². The number of likely N-dealkylation sites (tertiary alicyclic amines) is 1. The van der Waals surface area contributed by atoms with E-state index in [0.29, 0.717) is 18.8 Å².